The van der Waals surface area contributed by atoms with Gasteiger partial charge < -0.3 is 25.5 Å². The fourth-order valence-electron chi connectivity index (χ4n) is 4.33. The molecule has 2 aliphatic heterocycles. The summed E-state index contributed by atoms with van der Waals surface area (Å²) in [6.45, 7) is 1.38. The average Bonchev–Trinajstić information content (AvgIpc) is 3.33. The molecule has 1 fully saturated rings. The molecule has 0 aliphatic carbocycles. The second-order valence-corrected chi connectivity index (χ2v) is 9.70. The van der Waals surface area contributed by atoms with E-state index in [1.54, 1.807) is 11.8 Å². The number of aromatic nitrogens is 2. The summed E-state index contributed by atoms with van der Waals surface area (Å²) >= 11 is 1.05. The molecule has 2 atom stereocenters. The number of pyridine rings is 1. The van der Waals surface area contributed by atoms with Crippen molar-refractivity contribution < 1.29 is 31.8 Å². The van der Waals surface area contributed by atoms with E-state index >= 15 is 0 Å². The van der Waals surface area contributed by atoms with Crippen LogP contribution in [0.15, 0.2) is 29.2 Å². The second kappa shape index (κ2) is 8.71. The lowest BCUT2D eigenvalue weighted by atomic mass is 9.86. The van der Waals surface area contributed by atoms with Crippen molar-refractivity contribution in [2.75, 3.05) is 18.4 Å². The molecule has 0 bridgehead atoms. The number of hydrogen-bond acceptors (Lipinski definition) is 8. The monoisotopic (exact) mass is 527 g/mol. The maximum atomic E-state index is 14.8. The van der Waals surface area contributed by atoms with Crippen LogP contribution in [0, 0.1) is 0 Å². The molecule has 2 aromatic heterocycles. The lowest BCUT2D eigenvalue weighted by molar-refractivity contribution is -0.286. The third-order valence-corrected chi connectivity index (χ3v) is 7.29. The number of alkyl halides is 4. The minimum absolute atomic E-state index is 0.0133. The van der Waals surface area contributed by atoms with E-state index in [4.69, 9.17) is 5.73 Å². The van der Waals surface area contributed by atoms with E-state index in [1.165, 1.54) is 24.4 Å². The van der Waals surface area contributed by atoms with Crippen molar-refractivity contribution in [3.8, 4) is 11.5 Å². The quantitative estimate of drug-likeness (QED) is 0.436. The van der Waals surface area contributed by atoms with Gasteiger partial charge >= 0.3 is 6.29 Å². The highest BCUT2D eigenvalue weighted by molar-refractivity contribution is 7.22. The fourth-order valence-corrected chi connectivity index (χ4v) is 5.21. The number of hydrogen-bond donors (Lipinski definition) is 3. The average molecular weight is 528 g/mol. The van der Waals surface area contributed by atoms with Crippen LogP contribution in [-0.4, -0.2) is 52.1 Å². The molecule has 1 saturated heterocycles. The number of anilines is 1. The van der Waals surface area contributed by atoms with Crippen LogP contribution in [0.1, 0.15) is 30.4 Å². The topological polar surface area (TPSA) is 123 Å². The Morgan fingerprint density at radius 2 is 2.03 bits per heavy atom. The third kappa shape index (κ3) is 4.51. The number of likely N-dealkylation sites (tertiary alicyclic amines) is 1. The predicted octanol–water partition coefficient (Wildman–Crippen LogP) is 3.22. The molecule has 0 radical (unpaired) electrons. The third-order valence-electron chi connectivity index (χ3n) is 6.35. The van der Waals surface area contributed by atoms with Crippen LogP contribution < -0.4 is 26.1 Å². The number of carbonyl (C=O) groups excluding carboxylic acids is 1. The second-order valence-electron chi connectivity index (χ2n) is 8.67. The van der Waals surface area contributed by atoms with Gasteiger partial charge in [-0.15, -0.1) is 8.78 Å². The zero-order chi connectivity index (χ0) is 25.8. The molecule has 4 heterocycles. The van der Waals surface area contributed by atoms with Gasteiger partial charge in [0.2, 0.25) is 5.91 Å². The van der Waals surface area contributed by atoms with E-state index in [1.807, 2.05) is 0 Å². The van der Waals surface area contributed by atoms with E-state index in [0.29, 0.717) is 10.2 Å². The minimum Gasteiger partial charge on any atom is -0.395 e. The first-order valence-corrected chi connectivity index (χ1v) is 11.8. The number of H-pyrrole nitrogens is 1. The van der Waals surface area contributed by atoms with Crippen LogP contribution in [-0.2, 0) is 11.3 Å². The fraction of sp³-hybridized carbons (Fsp3) is 0.409. The molecular formula is C22H21F4N5O4S. The predicted molar refractivity (Wildman–Crippen MR) is 123 cm³/mol. The number of thiazole rings is 1. The number of rotatable bonds is 5. The van der Waals surface area contributed by atoms with E-state index in [-0.39, 0.29) is 47.4 Å². The van der Waals surface area contributed by atoms with Crippen LogP contribution >= 0.6 is 11.3 Å². The highest BCUT2D eigenvalue weighted by Crippen LogP contribution is 2.45. The molecule has 1 amide bonds. The molecule has 14 heteroatoms. The van der Waals surface area contributed by atoms with Crippen molar-refractivity contribution in [2.45, 2.75) is 44.1 Å². The number of ether oxygens (including phenoxy) is 2. The molecule has 192 valence electrons. The van der Waals surface area contributed by atoms with Gasteiger partial charge in [-0.2, -0.15) is 0 Å². The first-order chi connectivity index (χ1) is 17.0. The maximum absolute atomic E-state index is 14.8. The molecule has 9 nitrogen and oxygen atoms in total. The smallest absolute Gasteiger partial charge is 0.395 e. The Morgan fingerprint density at radius 1 is 1.31 bits per heavy atom. The van der Waals surface area contributed by atoms with Gasteiger partial charge in [0, 0.05) is 49.9 Å². The van der Waals surface area contributed by atoms with Crippen LogP contribution in [0.2, 0.25) is 0 Å². The number of halogens is 4. The summed E-state index contributed by atoms with van der Waals surface area (Å²) in [5, 5.41) is 2.88. The van der Waals surface area contributed by atoms with E-state index < -0.39 is 42.1 Å². The zero-order valence-corrected chi connectivity index (χ0v) is 19.6. The molecule has 0 spiro atoms. The van der Waals surface area contributed by atoms with Gasteiger partial charge in [0.25, 0.3) is 11.5 Å². The Hall–Kier alpha value is -3.23. The van der Waals surface area contributed by atoms with Crippen molar-refractivity contribution in [2.24, 2.45) is 5.73 Å². The summed E-state index contributed by atoms with van der Waals surface area (Å²) in [7, 11) is 0. The SMILES string of the molecule is C[C@H](C(=O)Nc1nc2cc3c(cc2s1)OC(F)(F)O3)N1CCC(F)(F)[C@@H](c2c[nH]c(=O)c(CN)c2)C1. The largest absolute Gasteiger partial charge is 0.586 e. The number of nitrogens with one attached hydrogen (secondary N) is 2. The number of nitrogens with two attached hydrogens (primary N) is 1. The standard InChI is InChI=1S/C22H21F4N5O4S/c1-10(31-3-2-21(23,24)13(9-31)12-4-11(7-27)19(33)28-8-12)18(32)30-20-29-14-5-15-16(6-17(14)36-20)35-22(25,26)34-15/h4-6,8,10,13H,2-3,7,9,27H2,1H3,(H,28,33)(H,29,30,32)/t10-,13-/m1/s1. The zero-order valence-electron chi connectivity index (χ0n) is 18.8. The van der Waals surface area contributed by atoms with Gasteiger partial charge in [-0.25, -0.2) is 13.8 Å². The molecule has 0 saturated carbocycles. The summed E-state index contributed by atoms with van der Waals surface area (Å²) in [4.78, 5) is 33.1. The Morgan fingerprint density at radius 3 is 2.75 bits per heavy atom. The van der Waals surface area contributed by atoms with Crippen molar-refractivity contribution in [1.29, 1.82) is 0 Å². The summed E-state index contributed by atoms with van der Waals surface area (Å²) in [6.07, 6.45) is -2.96. The first-order valence-electron chi connectivity index (χ1n) is 11.0. The number of piperidine rings is 1. The van der Waals surface area contributed by atoms with Crippen molar-refractivity contribution in [3.63, 3.8) is 0 Å². The molecule has 3 aromatic rings. The van der Waals surface area contributed by atoms with Crippen molar-refractivity contribution in [3.05, 3.63) is 45.9 Å². The van der Waals surface area contributed by atoms with Crippen LogP contribution in [0.3, 0.4) is 0 Å². The number of nitrogens with zero attached hydrogens (tertiary/aromatic N) is 2. The van der Waals surface area contributed by atoms with E-state index in [0.717, 1.165) is 11.3 Å². The molecule has 5 rings (SSSR count). The summed E-state index contributed by atoms with van der Waals surface area (Å²) in [5.74, 6) is -5.04. The van der Waals surface area contributed by atoms with Gasteiger partial charge in [-0.1, -0.05) is 11.3 Å². The molecule has 4 N–H and O–H groups in total. The Labute approximate surface area is 205 Å². The molecule has 36 heavy (non-hydrogen) atoms. The number of aromatic amines is 1. The lowest BCUT2D eigenvalue weighted by Crippen LogP contribution is -2.52. The van der Waals surface area contributed by atoms with Gasteiger partial charge in [0.1, 0.15) is 0 Å². The highest BCUT2D eigenvalue weighted by Gasteiger charge is 2.47. The number of benzene rings is 1. The highest BCUT2D eigenvalue weighted by atomic mass is 32.1. The Kier molecular flexibility index (Phi) is 5.92. The number of fused-ring (bicyclic) bond motifs is 2. The summed E-state index contributed by atoms with van der Waals surface area (Å²) < 4.78 is 65.5. The molecular weight excluding hydrogens is 506 g/mol. The Bertz CT molecular complexity index is 1350. The maximum Gasteiger partial charge on any atom is 0.586 e. The first kappa shape index (κ1) is 24.5. The van der Waals surface area contributed by atoms with Crippen LogP contribution in [0.5, 0.6) is 11.5 Å². The van der Waals surface area contributed by atoms with Crippen LogP contribution in [0.25, 0.3) is 10.2 Å². The normalized spacial score (nSPS) is 21.4. The van der Waals surface area contributed by atoms with Crippen molar-refractivity contribution in [1.82, 2.24) is 14.9 Å². The van der Waals surface area contributed by atoms with Crippen LogP contribution in [0.4, 0.5) is 22.7 Å². The van der Waals surface area contributed by atoms with Gasteiger partial charge in [0.05, 0.1) is 22.2 Å². The van der Waals surface area contributed by atoms with E-state index in [9.17, 15) is 27.2 Å². The van der Waals surface area contributed by atoms with E-state index in [2.05, 4.69) is 24.8 Å². The van der Waals surface area contributed by atoms with Gasteiger partial charge in [-0.05, 0) is 18.6 Å². The molecule has 0 unspecified atom stereocenters. The minimum atomic E-state index is -3.75. The molecule has 1 aromatic carbocycles. The summed E-state index contributed by atoms with van der Waals surface area (Å²) in [6, 6.07) is 3.24. The Balaban J connectivity index is 1.31. The van der Waals surface area contributed by atoms with Gasteiger partial charge in [-0.3, -0.25) is 14.5 Å². The van der Waals surface area contributed by atoms with Crippen molar-refractivity contribution >= 4 is 32.6 Å². The molecule has 2 aliphatic rings. The van der Waals surface area contributed by atoms with Gasteiger partial charge in [0.15, 0.2) is 16.6 Å². The lowest BCUT2D eigenvalue weighted by Gasteiger charge is -2.40. The summed E-state index contributed by atoms with van der Waals surface area (Å²) in [5.41, 5.74) is 5.89. The number of carbonyl (C=O) groups is 1. The number of amides is 1.